The van der Waals surface area contributed by atoms with Gasteiger partial charge in [-0.3, -0.25) is 9.59 Å². The number of aryl methyl sites for hydroxylation is 2. The van der Waals surface area contributed by atoms with E-state index in [1.54, 1.807) is 0 Å². The van der Waals surface area contributed by atoms with Gasteiger partial charge >= 0.3 is 0 Å². The Bertz CT molecular complexity index is 893. The number of hydrogen-bond donors (Lipinski definition) is 1. The van der Waals surface area contributed by atoms with E-state index in [2.05, 4.69) is 19.2 Å². The molecule has 1 N–H and O–H groups in total. The third kappa shape index (κ3) is 3.18. The number of nitrogens with one attached hydrogen (secondary N) is 1. The first-order valence-electron chi connectivity index (χ1n) is 9.33. The minimum atomic E-state index is -0.359. The van der Waals surface area contributed by atoms with Crippen LogP contribution in [0, 0.1) is 6.92 Å². The zero-order chi connectivity index (χ0) is 18.8. The monoisotopic (exact) mass is 372 g/mol. The molecule has 0 radical (unpaired) electrons. The van der Waals surface area contributed by atoms with Gasteiger partial charge in [0, 0.05) is 23.6 Å². The van der Waals surface area contributed by atoms with E-state index >= 15 is 0 Å². The molecule has 0 saturated heterocycles. The molecule has 1 amide bonds. The average Bonchev–Trinajstić information content (AvgIpc) is 2.66. The molecule has 5 heteroatoms. The number of halogens is 1. The number of carbonyl (C=O) groups excluding carboxylic acids is 1. The summed E-state index contributed by atoms with van der Waals surface area (Å²) in [5.74, 6) is -0.349. The molecule has 0 saturated carbocycles. The molecule has 1 aromatic carbocycles. The van der Waals surface area contributed by atoms with Crippen LogP contribution in [0.1, 0.15) is 59.6 Å². The first-order chi connectivity index (χ1) is 12.5. The van der Waals surface area contributed by atoms with Gasteiger partial charge in [-0.2, -0.15) is 0 Å². The standard InChI is InChI=1S/C21H25ClN2O2/c1-4-14-9-8-10-15(5-2)19(14)23-21(26)17-16-11-6-7-12-24(16)13(3)18(22)20(17)25/h8-10H,4-7,11-12H2,1-3H3,(H,23,26). The van der Waals surface area contributed by atoms with Gasteiger partial charge in [-0.15, -0.1) is 0 Å². The summed E-state index contributed by atoms with van der Waals surface area (Å²) in [4.78, 5) is 25.9. The number of benzene rings is 1. The summed E-state index contributed by atoms with van der Waals surface area (Å²) in [5.41, 5.74) is 4.39. The third-order valence-corrected chi connectivity index (χ3v) is 5.72. The molecule has 0 spiro atoms. The maximum absolute atomic E-state index is 13.1. The van der Waals surface area contributed by atoms with Crippen molar-refractivity contribution in [2.24, 2.45) is 0 Å². The van der Waals surface area contributed by atoms with Crippen LogP contribution in [0.2, 0.25) is 5.02 Å². The second-order valence-electron chi connectivity index (χ2n) is 6.77. The molecule has 0 atom stereocenters. The van der Waals surface area contributed by atoms with Gasteiger partial charge in [0.05, 0.1) is 0 Å². The summed E-state index contributed by atoms with van der Waals surface area (Å²) in [6, 6.07) is 6.03. The number of rotatable bonds is 4. The van der Waals surface area contributed by atoms with E-state index in [1.165, 1.54) is 0 Å². The number of amides is 1. The van der Waals surface area contributed by atoms with Gasteiger partial charge in [0.1, 0.15) is 10.6 Å². The smallest absolute Gasteiger partial charge is 0.261 e. The van der Waals surface area contributed by atoms with Crippen LogP contribution < -0.4 is 10.7 Å². The number of fused-ring (bicyclic) bond motifs is 1. The number of carbonyl (C=O) groups is 1. The fourth-order valence-electron chi connectivity index (χ4n) is 3.80. The molecule has 0 unspecified atom stereocenters. The van der Waals surface area contributed by atoms with Gasteiger partial charge in [0.2, 0.25) is 5.43 Å². The second kappa shape index (κ2) is 7.67. The minimum Gasteiger partial charge on any atom is -0.346 e. The predicted molar refractivity (Wildman–Crippen MR) is 107 cm³/mol. The first kappa shape index (κ1) is 18.7. The molecule has 1 aromatic heterocycles. The summed E-state index contributed by atoms with van der Waals surface area (Å²) in [6.45, 7) is 6.77. The zero-order valence-corrected chi connectivity index (χ0v) is 16.4. The molecule has 26 heavy (non-hydrogen) atoms. The Labute approximate surface area is 159 Å². The molecule has 138 valence electrons. The Morgan fingerprint density at radius 2 is 1.85 bits per heavy atom. The number of pyridine rings is 1. The Hall–Kier alpha value is -2.07. The van der Waals surface area contributed by atoms with Crippen LogP contribution in [0.15, 0.2) is 23.0 Å². The van der Waals surface area contributed by atoms with E-state index in [9.17, 15) is 9.59 Å². The van der Waals surface area contributed by atoms with Crippen molar-refractivity contribution in [1.82, 2.24) is 4.57 Å². The van der Waals surface area contributed by atoms with Crippen LogP contribution in [-0.4, -0.2) is 10.5 Å². The van der Waals surface area contributed by atoms with Crippen LogP contribution in [0.4, 0.5) is 5.69 Å². The van der Waals surface area contributed by atoms with E-state index in [1.807, 2.05) is 29.7 Å². The van der Waals surface area contributed by atoms with Crippen molar-refractivity contribution in [3.05, 3.63) is 61.5 Å². The van der Waals surface area contributed by atoms with Crippen LogP contribution >= 0.6 is 11.6 Å². The lowest BCUT2D eigenvalue weighted by Gasteiger charge is -2.25. The molecular formula is C21H25ClN2O2. The average molecular weight is 373 g/mol. The number of nitrogens with zero attached hydrogens (tertiary/aromatic N) is 1. The summed E-state index contributed by atoms with van der Waals surface area (Å²) in [5, 5.41) is 3.18. The molecule has 0 aliphatic carbocycles. The van der Waals surface area contributed by atoms with Gasteiger partial charge in [-0.1, -0.05) is 43.6 Å². The molecule has 1 aliphatic rings. The molecular weight excluding hydrogens is 348 g/mol. The Kier molecular flexibility index (Phi) is 5.52. The Balaban J connectivity index is 2.10. The van der Waals surface area contributed by atoms with Gasteiger partial charge < -0.3 is 9.88 Å². The maximum Gasteiger partial charge on any atom is 0.261 e. The van der Waals surface area contributed by atoms with Crippen LogP contribution in [0.25, 0.3) is 0 Å². The molecule has 2 aromatic rings. The molecule has 4 nitrogen and oxygen atoms in total. The third-order valence-electron chi connectivity index (χ3n) is 5.27. The van der Waals surface area contributed by atoms with Crippen LogP contribution in [0.3, 0.4) is 0 Å². The summed E-state index contributed by atoms with van der Waals surface area (Å²) < 4.78 is 2.04. The van der Waals surface area contributed by atoms with Crippen molar-refractivity contribution >= 4 is 23.2 Å². The molecule has 3 rings (SSSR count). The number of anilines is 1. The second-order valence-corrected chi connectivity index (χ2v) is 7.15. The summed E-state index contributed by atoms with van der Waals surface area (Å²) in [6.07, 6.45) is 4.37. The van der Waals surface area contributed by atoms with Crippen molar-refractivity contribution < 1.29 is 4.79 Å². The van der Waals surface area contributed by atoms with Gasteiger partial charge in [-0.25, -0.2) is 0 Å². The highest BCUT2D eigenvalue weighted by Crippen LogP contribution is 2.26. The number of para-hydroxylation sites is 1. The first-order valence-corrected chi connectivity index (χ1v) is 9.71. The Morgan fingerprint density at radius 1 is 1.19 bits per heavy atom. The maximum atomic E-state index is 13.1. The van der Waals surface area contributed by atoms with E-state index in [4.69, 9.17) is 11.6 Å². The quantitative estimate of drug-likeness (QED) is 0.857. The largest absolute Gasteiger partial charge is 0.346 e. The molecule has 2 heterocycles. The normalized spacial score (nSPS) is 13.4. The highest BCUT2D eigenvalue weighted by Gasteiger charge is 2.26. The lowest BCUT2D eigenvalue weighted by atomic mass is 9.99. The van der Waals surface area contributed by atoms with Gasteiger partial charge in [-0.05, 0) is 50.2 Å². The predicted octanol–water partition coefficient (Wildman–Crippen LogP) is 4.52. The number of hydrogen-bond acceptors (Lipinski definition) is 2. The summed E-state index contributed by atoms with van der Waals surface area (Å²) in [7, 11) is 0. The fourth-order valence-corrected chi connectivity index (χ4v) is 4.00. The van der Waals surface area contributed by atoms with Crippen LogP contribution in [0.5, 0.6) is 0 Å². The van der Waals surface area contributed by atoms with Crippen molar-refractivity contribution in [2.75, 3.05) is 5.32 Å². The summed E-state index contributed by atoms with van der Waals surface area (Å²) >= 11 is 6.27. The van der Waals surface area contributed by atoms with Gasteiger partial charge in [0.15, 0.2) is 0 Å². The lowest BCUT2D eigenvalue weighted by molar-refractivity contribution is 0.102. The number of aromatic nitrogens is 1. The van der Waals surface area contributed by atoms with Crippen molar-refractivity contribution in [1.29, 1.82) is 0 Å². The SMILES string of the molecule is CCc1cccc(CC)c1NC(=O)c1c2n(c(C)c(Cl)c1=O)CCCC2. The van der Waals surface area contributed by atoms with E-state index < -0.39 is 0 Å². The lowest BCUT2D eigenvalue weighted by Crippen LogP contribution is -2.31. The van der Waals surface area contributed by atoms with Crippen molar-refractivity contribution in [3.8, 4) is 0 Å². The highest BCUT2D eigenvalue weighted by molar-refractivity contribution is 6.31. The molecule has 0 fully saturated rings. The van der Waals surface area contributed by atoms with E-state index in [0.29, 0.717) is 0 Å². The topological polar surface area (TPSA) is 51.1 Å². The zero-order valence-electron chi connectivity index (χ0n) is 15.6. The van der Waals surface area contributed by atoms with E-state index in [-0.39, 0.29) is 21.9 Å². The van der Waals surface area contributed by atoms with Gasteiger partial charge in [0.25, 0.3) is 5.91 Å². The minimum absolute atomic E-state index is 0.153. The molecule has 0 bridgehead atoms. The highest BCUT2D eigenvalue weighted by atomic mass is 35.5. The van der Waals surface area contributed by atoms with Crippen molar-refractivity contribution in [3.63, 3.8) is 0 Å². The molecule has 1 aliphatic heterocycles. The van der Waals surface area contributed by atoms with E-state index in [0.717, 1.165) is 66.9 Å². The van der Waals surface area contributed by atoms with Crippen LogP contribution in [-0.2, 0) is 25.8 Å². The fraction of sp³-hybridized carbons (Fsp3) is 0.429. The van der Waals surface area contributed by atoms with Crippen molar-refractivity contribution in [2.45, 2.75) is 59.4 Å². The Morgan fingerprint density at radius 3 is 2.46 bits per heavy atom.